The van der Waals surface area contributed by atoms with E-state index in [0.717, 1.165) is 11.1 Å². The smallest absolute Gasteiger partial charge is 0.229 e. The molecule has 2 amide bonds. The van der Waals surface area contributed by atoms with Gasteiger partial charge in [-0.2, -0.15) is 0 Å². The van der Waals surface area contributed by atoms with Crippen molar-refractivity contribution in [1.29, 1.82) is 0 Å². The molecule has 1 aliphatic heterocycles. The van der Waals surface area contributed by atoms with Crippen molar-refractivity contribution >= 4 is 41.8 Å². The van der Waals surface area contributed by atoms with Crippen LogP contribution in [0, 0.1) is 12.7 Å². The van der Waals surface area contributed by atoms with E-state index in [0.29, 0.717) is 57.8 Å². The van der Waals surface area contributed by atoms with Gasteiger partial charge in [0.2, 0.25) is 11.8 Å². The third-order valence-corrected chi connectivity index (χ3v) is 4.31. The number of carbonyl (C=O) groups excluding carboxylic acids is 2. The first-order valence-corrected chi connectivity index (χ1v) is 9.11. The minimum Gasteiger partial charge on any atom is -0.357 e. The molecule has 1 aromatic rings. The summed E-state index contributed by atoms with van der Waals surface area (Å²) in [5, 5.41) is 6.30. The zero-order valence-corrected chi connectivity index (χ0v) is 18.2. The van der Waals surface area contributed by atoms with Gasteiger partial charge < -0.3 is 10.6 Å². The summed E-state index contributed by atoms with van der Waals surface area (Å²) in [5.74, 6) is 0.212. The van der Waals surface area contributed by atoms with E-state index < -0.39 is 0 Å². The van der Waals surface area contributed by atoms with Gasteiger partial charge in [0.1, 0.15) is 5.82 Å². The lowest BCUT2D eigenvalue weighted by Gasteiger charge is -2.25. The first-order valence-electron chi connectivity index (χ1n) is 9.11. The molecular weight excluding hydrogens is 462 g/mol. The van der Waals surface area contributed by atoms with Crippen molar-refractivity contribution in [2.45, 2.75) is 39.5 Å². The zero-order valence-electron chi connectivity index (χ0n) is 15.9. The van der Waals surface area contributed by atoms with Gasteiger partial charge in [0.15, 0.2) is 5.96 Å². The van der Waals surface area contributed by atoms with Gasteiger partial charge in [-0.25, -0.2) is 4.39 Å². The van der Waals surface area contributed by atoms with Crippen molar-refractivity contribution in [1.82, 2.24) is 15.5 Å². The number of aryl methyl sites for hydroxylation is 1. The minimum absolute atomic E-state index is 0. The number of aliphatic imine (C=N–C) groups is 1. The number of hydrogen-bond donors (Lipinski definition) is 2. The Hall–Kier alpha value is -1.71. The van der Waals surface area contributed by atoms with Crippen LogP contribution in [0.4, 0.5) is 4.39 Å². The predicted octanol–water partition coefficient (Wildman–Crippen LogP) is 2.39. The molecule has 0 spiro atoms. The number of rotatable bonds is 7. The number of likely N-dealkylation sites (tertiary alicyclic amines) is 1. The molecule has 0 atom stereocenters. The van der Waals surface area contributed by atoms with E-state index in [1.165, 1.54) is 17.0 Å². The quantitative estimate of drug-likeness (QED) is 0.267. The molecule has 1 aliphatic rings. The molecule has 0 radical (unpaired) electrons. The van der Waals surface area contributed by atoms with Crippen LogP contribution in [-0.2, 0) is 16.0 Å². The molecule has 1 fully saturated rings. The van der Waals surface area contributed by atoms with E-state index in [2.05, 4.69) is 15.6 Å². The zero-order chi connectivity index (χ0) is 18.9. The van der Waals surface area contributed by atoms with Crippen LogP contribution >= 0.6 is 24.0 Å². The van der Waals surface area contributed by atoms with Crippen molar-refractivity contribution in [3.63, 3.8) is 0 Å². The molecule has 0 unspecified atom stereocenters. The van der Waals surface area contributed by atoms with Gasteiger partial charge in [-0.3, -0.25) is 19.5 Å². The Balaban J connectivity index is 0.00000364. The molecule has 1 aromatic carbocycles. The predicted molar refractivity (Wildman–Crippen MR) is 115 cm³/mol. The van der Waals surface area contributed by atoms with Crippen LogP contribution in [0.5, 0.6) is 0 Å². The summed E-state index contributed by atoms with van der Waals surface area (Å²) >= 11 is 0. The van der Waals surface area contributed by atoms with Gasteiger partial charge in [-0.15, -0.1) is 24.0 Å². The monoisotopic (exact) mass is 490 g/mol. The van der Waals surface area contributed by atoms with Crippen LogP contribution in [0.15, 0.2) is 23.2 Å². The number of guanidine groups is 1. The third-order valence-electron chi connectivity index (χ3n) is 4.31. The number of piperidine rings is 1. The maximum atomic E-state index is 13.1. The lowest BCUT2D eigenvalue weighted by molar-refractivity contribution is -0.147. The highest BCUT2D eigenvalue weighted by atomic mass is 127. The number of hydrogen-bond acceptors (Lipinski definition) is 3. The van der Waals surface area contributed by atoms with Crippen molar-refractivity contribution in [2.24, 2.45) is 4.99 Å². The number of benzene rings is 1. The molecule has 0 bridgehead atoms. The topological polar surface area (TPSA) is 73.8 Å². The van der Waals surface area contributed by atoms with Crippen LogP contribution in [-0.4, -0.2) is 48.9 Å². The molecule has 27 heavy (non-hydrogen) atoms. The Labute approximate surface area is 177 Å². The maximum absolute atomic E-state index is 13.1. The number of nitrogens with zero attached hydrogens (tertiary/aromatic N) is 2. The number of carbonyl (C=O) groups is 2. The average molecular weight is 490 g/mol. The summed E-state index contributed by atoms with van der Waals surface area (Å²) in [6.45, 7) is 5.93. The summed E-state index contributed by atoms with van der Waals surface area (Å²) in [7, 11) is 0. The Morgan fingerprint density at radius 3 is 2.56 bits per heavy atom. The van der Waals surface area contributed by atoms with E-state index in [1.54, 1.807) is 6.07 Å². The first-order chi connectivity index (χ1) is 12.5. The standard InChI is InChI=1S/C19H27FN4O2.HI/c1-3-21-19(22-10-9-15-7-8-16(20)13-14(15)2)23-11-12-24-17(25)5-4-6-18(24)26;/h7-8,13H,3-6,9-12H2,1-2H3,(H2,21,22,23);1H. The van der Waals surface area contributed by atoms with E-state index in [9.17, 15) is 14.0 Å². The van der Waals surface area contributed by atoms with Crippen molar-refractivity contribution in [3.8, 4) is 0 Å². The summed E-state index contributed by atoms with van der Waals surface area (Å²) in [6.07, 6.45) is 2.24. The molecule has 1 saturated heterocycles. The van der Waals surface area contributed by atoms with Crippen LogP contribution in [0.25, 0.3) is 0 Å². The first kappa shape index (κ1) is 23.3. The second-order valence-electron chi connectivity index (χ2n) is 6.30. The number of amides is 2. The summed E-state index contributed by atoms with van der Waals surface area (Å²) in [4.78, 5) is 29.4. The molecule has 1 heterocycles. The number of imide groups is 1. The fraction of sp³-hybridized carbons (Fsp3) is 0.526. The van der Waals surface area contributed by atoms with E-state index in [-0.39, 0.29) is 41.6 Å². The van der Waals surface area contributed by atoms with Crippen molar-refractivity contribution in [2.75, 3.05) is 26.2 Å². The molecular formula is C19H28FIN4O2. The highest BCUT2D eigenvalue weighted by molar-refractivity contribution is 14.0. The Morgan fingerprint density at radius 1 is 1.22 bits per heavy atom. The third kappa shape index (κ3) is 7.43. The highest BCUT2D eigenvalue weighted by Gasteiger charge is 2.25. The lowest BCUT2D eigenvalue weighted by Crippen LogP contribution is -2.46. The van der Waals surface area contributed by atoms with Crippen LogP contribution in [0.2, 0.25) is 0 Å². The maximum Gasteiger partial charge on any atom is 0.229 e. The molecule has 0 aliphatic carbocycles. The van der Waals surface area contributed by atoms with Gasteiger partial charge in [0.05, 0.1) is 0 Å². The van der Waals surface area contributed by atoms with Gasteiger partial charge in [0, 0.05) is 39.0 Å². The largest absolute Gasteiger partial charge is 0.357 e. The van der Waals surface area contributed by atoms with Crippen LogP contribution in [0.3, 0.4) is 0 Å². The highest BCUT2D eigenvalue weighted by Crippen LogP contribution is 2.12. The molecule has 2 N–H and O–H groups in total. The number of halogens is 2. The molecule has 6 nitrogen and oxygen atoms in total. The normalized spacial score (nSPS) is 14.8. The van der Waals surface area contributed by atoms with Crippen molar-refractivity contribution in [3.05, 3.63) is 35.1 Å². The second kappa shape index (κ2) is 11.9. The van der Waals surface area contributed by atoms with E-state index in [4.69, 9.17) is 0 Å². The summed E-state index contributed by atoms with van der Waals surface area (Å²) in [6, 6.07) is 4.77. The van der Waals surface area contributed by atoms with Gasteiger partial charge in [-0.1, -0.05) is 6.07 Å². The summed E-state index contributed by atoms with van der Waals surface area (Å²) < 4.78 is 13.1. The van der Waals surface area contributed by atoms with E-state index in [1.807, 2.05) is 13.8 Å². The van der Waals surface area contributed by atoms with Gasteiger partial charge in [0.25, 0.3) is 0 Å². The van der Waals surface area contributed by atoms with Crippen LogP contribution < -0.4 is 10.6 Å². The molecule has 0 aromatic heterocycles. The van der Waals surface area contributed by atoms with Gasteiger partial charge in [-0.05, 0) is 49.9 Å². The Morgan fingerprint density at radius 2 is 1.93 bits per heavy atom. The minimum atomic E-state index is -0.230. The molecule has 8 heteroatoms. The Kier molecular flexibility index (Phi) is 10.3. The van der Waals surface area contributed by atoms with Crippen LogP contribution in [0.1, 0.15) is 37.3 Å². The van der Waals surface area contributed by atoms with Gasteiger partial charge >= 0.3 is 0 Å². The lowest BCUT2D eigenvalue weighted by atomic mass is 10.1. The molecule has 2 rings (SSSR count). The van der Waals surface area contributed by atoms with Crippen molar-refractivity contribution < 1.29 is 14.0 Å². The molecule has 0 saturated carbocycles. The fourth-order valence-corrected chi connectivity index (χ4v) is 2.91. The summed E-state index contributed by atoms with van der Waals surface area (Å²) in [5.41, 5.74) is 1.98. The average Bonchev–Trinajstić information content (AvgIpc) is 2.59. The molecule has 150 valence electrons. The fourth-order valence-electron chi connectivity index (χ4n) is 2.91. The SMILES string of the molecule is CCNC(=NCCc1ccc(F)cc1C)NCCN1C(=O)CCCC1=O.I. The second-order valence-corrected chi connectivity index (χ2v) is 6.30. The van der Waals surface area contributed by atoms with E-state index >= 15 is 0 Å². The number of nitrogens with one attached hydrogen (secondary N) is 2. The Bertz CT molecular complexity index is 666.